The third-order valence-electron chi connectivity index (χ3n) is 7.40. The number of imidazole rings is 1. The largest absolute Gasteiger partial charge is 0.489 e. The number of hydrogen-bond acceptors (Lipinski definition) is 4. The molecule has 1 aromatic heterocycles. The highest BCUT2D eigenvalue weighted by molar-refractivity contribution is 6.32. The number of hydrogen-bond donors (Lipinski definition) is 0. The Hall–Kier alpha value is -2.28. The van der Waals surface area contributed by atoms with Gasteiger partial charge in [0.25, 0.3) is 0 Å². The number of aryl methyl sites for hydroxylation is 1. The van der Waals surface area contributed by atoms with Crippen LogP contribution in [-0.4, -0.2) is 65.3 Å². The first kappa shape index (κ1) is 26.8. The Labute approximate surface area is 220 Å². The fourth-order valence-electron chi connectivity index (χ4n) is 5.20. The molecule has 1 atom stereocenters. The van der Waals surface area contributed by atoms with Gasteiger partial charge in [-0.25, -0.2) is 4.79 Å². The lowest BCUT2D eigenvalue weighted by Gasteiger charge is -2.34. The van der Waals surface area contributed by atoms with E-state index in [9.17, 15) is 4.79 Å². The summed E-state index contributed by atoms with van der Waals surface area (Å²) >= 11 is 6.39. The molecule has 1 saturated heterocycles. The van der Waals surface area contributed by atoms with Crippen molar-refractivity contribution >= 4 is 22.6 Å². The second-order valence-corrected chi connectivity index (χ2v) is 11.2. The fourth-order valence-corrected chi connectivity index (χ4v) is 5.37. The molecule has 4 rings (SSSR count). The number of likely N-dealkylation sites (tertiary alicyclic amines) is 1. The molecule has 0 N–H and O–H groups in total. The molecule has 196 valence electrons. The molecular formula is C29H41ClN4O2. The maximum atomic E-state index is 13.5. The number of fused-ring (bicyclic) bond motifs is 1. The molecule has 1 aliphatic rings. The summed E-state index contributed by atoms with van der Waals surface area (Å²) in [6.45, 7) is 11.0. The molecule has 0 spiro atoms. The number of para-hydroxylation sites is 2. The molecular weight excluding hydrogens is 472 g/mol. The highest BCUT2D eigenvalue weighted by Crippen LogP contribution is 2.29. The van der Waals surface area contributed by atoms with Crippen molar-refractivity contribution in [2.45, 2.75) is 58.7 Å². The summed E-state index contributed by atoms with van der Waals surface area (Å²) in [5.74, 6) is 1.17. The van der Waals surface area contributed by atoms with Gasteiger partial charge in [0.05, 0.1) is 16.1 Å². The average Bonchev–Trinajstić information content (AvgIpc) is 3.13. The van der Waals surface area contributed by atoms with E-state index in [4.69, 9.17) is 16.3 Å². The Balaban J connectivity index is 1.39. The minimum absolute atomic E-state index is 0.110. The molecule has 1 aliphatic heterocycles. The van der Waals surface area contributed by atoms with E-state index in [0.29, 0.717) is 17.5 Å². The highest BCUT2D eigenvalue weighted by atomic mass is 35.5. The molecule has 2 aromatic carbocycles. The smallest absolute Gasteiger partial charge is 0.329 e. The number of nitrogens with zero attached hydrogens (tertiary/aromatic N) is 4. The van der Waals surface area contributed by atoms with Crippen molar-refractivity contribution < 1.29 is 4.74 Å². The van der Waals surface area contributed by atoms with Crippen molar-refractivity contribution in [3.63, 3.8) is 0 Å². The fraction of sp³-hybridized carbons (Fsp3) is 0.552. The van der Waals surface area contributed by atoms with Gasteiger partial charge in [0, 0.05) is 38.8 Å². The van der Waals surface area contributed by atoms with Crippen LogP contribution in [0.4, 0.5) is 0 Å². The third kappa shape index (κ3) is 6.16. The van der Waals surface area contributed by atoms with Crippen LogP contribution in [0.25, 0.3) is 11.0 Å². The summed E-state index contributed by atoms with van der Waals surface area (Å²) in [5, 5.41) is 0.669. The second-order valence-electron chi connectivity index (χ2n) is 10.8. The topological polar surface area (TPSA) is 42.6 Å². The van der Waals surface area contributed by atoms with Gasteiger partial charge >= 0.3 is 5.69 Å². The number of halogens is 1. The zero-order valence-electron chi connectivity index (χ0n) is 22.4. The van der Waals surface area contributed by atoms with Gasteiger partial charge in [0.2, 0.25) is 0 Å². The summed E-state index contributed by atoms with van der Waals surface area (Å²) < 4.78 is 10.4. The molecule has 0 saturated carbocycles. The predicted octanol–water partition coefficient (Wildman–Crippen LogP) is 5.46. The monoisotopic (exact) mass is 512 g/mol. The first-order valence-corrected chi connectivity index (χ1v) is 13.6. The normalized spacial score (nSPS) is 16.3. The van der Waals surface area contributed by atoms with E-state index in [0.717, 1.165) is 67.8 Å². The Morgan fingerprint density at radius 3 is 2.42 bits per heavy atom. The van der Waals surface area contributed by atoms with Gasteiger partial charge in [-0.15, -0.1) is 0 Å². The third-order valence-corrected chi connectivity index (χ3v) is 7.71. The average molecular weight is 513 g/mol. The molecule has 36 heavy (non-hydrogen) atoms. The minimum atomic E-state index is 0.110. The van der Waals surface area contributed by atoms with Gasteiger partial charge in [0.1, 0.15) is 11.9 Å². The van der Waals surface area contributed by atoms with Crippen LogP contribution in [0.15, 0.2) is 47.3 Å². The predicted molar refractivity (Wildman–Crippen MR) is 150 cm³/mol. The summed E-state index contributed by atoms with van der Waals surface area (Å²) in [7, 11) is 4.09. The molecule has 0 amide bonds. The lowest BCUT2D eigenvalue weighted by atomic mass is 10.0. The van der Waals surface area contributed by atoms with Gasteiger partial charge in [-0.2, -0.15) is 0 Å². The molecule has 3 aromatic rings. The van der Waals surface area contributed by atoms with Crippen molar-refractivity contribution in [1.29, 1.82) is 0 Å². The number of ether oxygens (including phenoxy) is 1. The van der Waals surface area contributed by atoms with E-state index < -0.39 is 0 Å². The lowest BCUT2D eigenvalue weighted by Crippen LogP contribution is -2.40. The van der Waals surface area contributed by atoms with E-state index in [1.807, 2.05) is 49.0 Å². The van der Waals surface area contributed by atoms with Gasteiger partial charge in [0.15, 0.2) is 0 Å². The van der Waals surface area contributed by atoms with Crippen molar-refractivity contribution in [1.82, 2.24) is 18.9 Å². The van der Waals surface area contributed by atoms with Crippen LogP contribution in [0.1, 0.15) is 44.7 Å². The van der Waals surface area contributed by atoms with Crippen LogP contribution in [0, 0.1) is 12.8 Å². The van der Waals surface area contributed by atoms with Crippen LogP contribution < -0.4 is 10.4 Å². The van der Waals surface area contributed by atoms with Gasteiger partial charge in [-0.1, -0.05) is 43.6 Å². The zero-order chi connectivity index (χ0) is 25.8. The van der Waals surface area contributed by atoms with Crippen LogP contribution >= 0.6 is 11.6 Å². The number of piperidine rings is 1. The summed E-state index contributed by atoms with van der Waals surface area (Å²) in [6, 6.07) is 14.4. The Morgan fingerprint density at radius 2 is 1.75 bits per heavy atom. The van der Waals surface area contributed by atoms with Crippen molar-refractivity contribution in [3.8, 4) is 5.75 Å². The van der Waals surface area contributed by atoms with Crippen LogP contribution in [0.3, 0.4) is 0 Å². The molecule has 7 heteroatoms. The lowest BCUT2D eigenvalue weighted by molar-refractivity contribution is 0.110. The molecule has 0 aliphatic carbocycles. The Kier molecular flexibility index (Phi) is 8.81. The Morgan fingerprint density at radius 1 is 1.06 bits per heavy atom. The van der Waals surface area contributed by atoms with E-state index >= 15 is 0 Å². The summed E-state index contributed by atoms with van der Waals surface area (Å²) in [4.78, 5) is 18.1. The zero-order valence-corrected chi connectivity index (χ0v) is 23.2. The molecule has 1 fully saturated rings. The van der Waals surface area contributed by atoms with Gasteiger partial charge in [-0.05, 0) is 76.0 Å². The summed E-state index contributed by atoms with van der Waals surface area (Å²) in [5.41, 5.74) is 3.37. The van der Waals surface area contributed by atoms with Crippen LogP contribution in [0.5, 0.6) is 5.75 Å². The van der Waals surface area contributed by atoms with Crippen LogP contribution in [0.2, 0.25) is 5.02 Å². The number of likely N-dealkylation sites (N-methyl/N-ethyl adjacent to an activating group) is 1. The molecule has 1 unspecified atom stereocenters. The standard InChI is InChI=1S/C29H41ClN4O2/c1-21(2)27(36-28-20-22(3)10-11-24(28)30)14-17-32-15-12-23(13-16-32)34-26-9-7-6-8-25(26)33(29(34)35)19-18-31(4)5/h6-11,20-21,23,27H,12-19H2,1-5H3. The quantitative estimate of drug-likeness (QED) is 0.362. The molecule has 0 radical (unpaired) electrons. The van der Waals surface area contributed by atoms with Crippen LogP contribution in [-0.2, 0) is 6.54 Å². The van der Waals surface area contributed by atoms with E-state index in [1.54, 1.807) is 0 Å². The minimum Gasteiger partial charge on any atom is -0.489 e. The summed E-state index contributed by atoms with van der Waals surface area (Å²) in [6.07, 6.45) is 3.03. The second kappa shape index (κ2) is 11.8. The first-order chi connectivity index (χ1) is 17.2. The highest BCUT2D eigenvalue weighted by Gasteiger charge is 2.26. The Bertz CT molecular complexity index is 1210. The number of benzene rings is 2. The van der Waals surface area contributed by atoms with Gasteiger partial charge in [-0.3, -0.25) is 9.13 Å². The molecule has 2 heterocycles. The van der Waals surface area contributed by atoms with Crippen molar-refractivity contribution in [3.05, 3.63) is 63.5 Å². The van der Waals surface area contributed by atoms with E-state index in [1.165, 1.54) is 0 Å². The maximum Gasteiger partial charge on any atom is 0.329 e. The molecule has 6 nitrogen and oxygen atoms in total. The number of aromatic nitrogens is 2. The first-order valence-electron chi connectivity index (χ1n) is 13.2. The van der Waals surface area contributed by atoms with E-state index in [-0.39, 0.29) is 17.8 Å². The SMILES string of the molecule is Cc1ccc(Cl)c(OC(CCN2CCC(n3c(=O)n(CCN(C)C)c4ccccc43)CC2)C(C)C)c1. The van der Waals surface area contributed by atoms with E-state index in [2.05, 4.69) is 47.3 Å². The van der Waals surface area contributed by atoms with Crippen molar-refractivity contribution in [2.24, 2.45) is 5.92 Å². The molecule has 0 bridgehead atoms. The van der Waals surface area contributed by atoms with Gasteiger partial charge < -0.3 is 14.5 Å². The van der Waals surface area contributed by atoms with Crippen molar-refractivity contribution in [2.75, 3.05) is 40.3 Å². The maximum absolute atomic E-state index is 13.5. The number of rotatable bonds is 10.